The molecule has 2 unspecified atom stereocenters. The van der Waals surface area contributed by atoms with E-state index in [9.17, 15) is 0 Å². The SMILES string of the molecule is C1=C(c2ccccc2)NC(c2cccc(-n3c4ccccc4c4c5c6ccc7c8ccccc8oc7c6n(-c6ccccc6)c5ccc43)c2)NC1c1ccccc1. The molecule has 0 radical (unpaired) electrons. The number of fused-ring (bicyclic) bond motifs is 11. The van der Waals surface area contributed by atoms with Crippen molar-refractivity contribution in [3.8, 4) is 11.4 Å². The average Bonchev–Trinajstić information content (AvgIpc) is 3.95. The van der Waals surface area contributed by atoms with E-state index in [1.807, 2.05) is 6.07 Å². The Hall–Kier alpha value is -7.34. The molecular formula is C52H36N4O. The summed E-state index contributed by atoms with van der Waals surface area (Å²) in [4.78, 5) is 0. The molecule has 11 aromatic rings. The summed E-state index contributed by atoms with van der Waals surface area (Å²) >= 11 is 0. The van der Waals surface area contributed by atoms with Crippen LogP contribution >= 0.6 is 0 Å². The van der Waals surface area contributed by atoms with Gasteiger partial charge in [-0.25, -0.2) is 0 Å². The van der Waals surface area contributed by atoms with Gasteiger partial charge in [0.25, 0.3) is 0 Å². The van der Waals surface area contributed by atoms with Gasteiger partial charge in [0.15, 0.2) is 5.58 Å². The van der Waals surface area contributed by atoms with Crippen LogP contribution in [0, 0.1) is 0 Å². The monoisotopic (exact) mass is 732 g/mol. The zero-order chi connectivity index (χ0) is 37.5. The maximum atomic E-state index is 6.73. The van der Waals surface area contributed by atoms with Crippen molar-refractivity contribution in [3.05, 3.63) is 211 Å². The van der Waals surface area contributed by atoms with E-state index in [1.165, 1.54) is 38.2 Å². The van der Waals surface area contributed by atoms with Gasteiger partial charge in [-0.2, -0.15) is 0 Å². The Morgan fingerprint density at radius 3 is 1.91 bits per heavy atom. The van der Waals surface area contributed by atoms with Gasteiger partial charge in [0.1, 0.15) is 11.7 Å². The lowest BCUT2D eigenvalue weighted by Crippen LogP contribution is -2.39. The van der Waals surface area contributed by atoms with Crippen molar-refractivity contribution in [1.82, 2.24) is 19.8 Å². The fourth-order valence-electron chi connectivity index (χ4n) is 9.26. The second-order valence-electron chi connectivity index (χ2n) is 15.0. The molecule has 0 fully saturated rings. The van der Waals surface area contributed by atoms with Crippen LogP contribution in [-0.2, 0) is 0 Å². The predicted molar refractivity (Wildman–Crippen MR) is 235 cm³/mol. The van der Waals surface area contributed by atoms with Crippen LogP contribution in [0.25, 0.3) is 82.6 Å². The molecule has 0 saturated carbocycles. The molecule has 1 aliphatic heterocycles. The molecule has 0 amide bonds. The summed E-state index contributed by atoms with van der Waals surface area (Å²) in [6.45, 7) is 0. The third kappa shape index (κ3) is 4.93. The van der Waals surface area contributed by atoms with Crippen LogP contribution in [0.1, 0.15) is 28.9 Å². The Morgan fingerprint density at radius 2 is 1.09 bits per heavy atom. The van der Waals surface area contributed by atoms with E-state index < -0.39 is 0 Å². The lowest BCUT2D eigenvalue weighted by molar-refractivity contribution is 0.442. The average molecular weight is 733 g/mol. The molecule has 5 nitrogen and oxygen atoms in total. The van der Waals surface area contributed by atoms with Crippen molar-refractivity contribution in [3.63, 3.8) is 0 Å². The van der Waals surface area contributed by atoms with Crippen LogP contribution in [0.15, 0.2) is 199 Å². The Balaban J connectivity index is 1.08. The molecule has 270 valence electrons. The molecule has 12 rings (SSSR count). The minimum atomic E-state index is -0.120. The first-order valence-electron chi connectivity index (χ1n) is 19.6. The molecule has 8 aromatic carbocycles. The molecule has 2 atom stereocenters. The van der Waals surface area contributed by atoms with Crippen molar-refractivity contribution < 1.29 is 4.42 Å². The van der Waals surface area contributed by atoms with Crippen molar-refractivity contribution in [2.75, 3.05) is 0 Å². The number of rotatable bonds is 5. The number of nitrogens with zero attached hydrogens (tertiary/aromatic N) is 2. The zero-order valence-electron chi connectivity index (χ0n) is 30.9. The van der Waals surface area contributed by atoms with Crippen LogP contribution in [0.4, 0.5) is 0 Å². The molecule has 1 aliphatic rings. The van der Waals surface area contributed by atoms with Crippen molar-refractivity contribution >= 4 is 71.2 Å². The largest absolute Gasteiger partial charge is 0.454 e. The topological polar surface area (TPSA) is 47.1 Å². The Labute approximate surface area is 328 Å². The maximum absolute atomic E-state index is 6.73. The smallest absolute Gasteiger partial charge is 0.160 e. The van der Waals surface area contributed by atoms with E-state index in [0.29, 0.717) is 0 Å². The van der Waals surface area contributed by atoms with Gasteiger partial charge < -0.3 is 18.9 Å². The summed E-state index contributed by atoms with van der Waals surface area (Å²) in [5.74, 6) is 0. The predicted octanol–water partition coefficient (Wildman–Crippen LogP) is 12.8. The van der Waals surface area contributed by atoms with Crippen LogP contribution in [0.5, 0.6) is 0 Å². The van der Waals surface area contributed by atoms with E-state index in [1.54, 1.807) is 0 Å². The highest BCUT2D eigenvalue weighted by Gasteiger charge is 2.26. The highest BCUT2D eigenvalue weighted by molar-refractivity contribution is 6.32. The minimum absolute atomic E-state index is 0.0398. The quantitative estimate of drug-likeness (QED) is 0.185. The lowest BCUT2D eigenvalue weighted by atomic mass is 9.98. The van der Waals surface area contributed by atoms with E-state index in [2.05, 4.69) is 208 Å². The molecular weight excluding hydrogens is 697 g/mol. The number of benzene rings is 8. The van der Waals surface area contributed by atoms with Gasteiger partial charge >= 0.3 is 0 Å². The number of hydrogen-bond donors (Lipinski definition) is 2. The molecule has 0 bridgehead atoms. The van der Waals surface area contributed by atoms with Gasteiger partial charge in [0, 0.05) is 49.4 Å². The standard InChI is InChI=1S/C52H36N4O/c1-4-15-33(16-5-1)42-32-43(34-17-6-2-7-18-34)54-52(53-42)35-19-14-22-37(31-35)55-44-25-12-10-24-40(44)48-45(55)29-30-46-49(48)41-28-27-39-38-23-11-13-26-47(38)57-51(39)50(41)56(46)36-20-8-3-9-21-36/h1-32,42,52-54H. The van der Waals surface area contributed by atoms with E-state index in [0.717, 1.165) is 61.1 Å². The Morgan fingerprint density at radius 1 is 0.456 bits per heavy atom. The van der Waals surface area contributed by atoms with E-state index >= 15 is 0 Å². The third-order valence-electron chi connectivity index (χ3n) is 11.8. The fourth-order valence-corrected chi connectivity index (χ4v) is 9.26. The van der Waals surface area contributed by atoms with Gasteiger partial charge in [-0.05, 0) is 77.4 Å². The number of para-hydroxylation sites is 3. The van der Waals surface area contributed by atoms with Gasteiger partial charge in [0.05, 0.1) is 28.1 Å². The van der Waals surface area contributed by atoms with Crippen LogP contribution < -0.4 is 10.6 Å². The first kappa shape index (κ1) is 32.0. The van der Waals surface area contributed by atoms with Crippen LogP contribution in [0.3, 0.4) is 0 Å². The van der Waals surface area contributed by atoms with Gasteiger partial charge in [-0.1, -0.05) is 133 Å². The van der Waals surface area contributed by atoms with Crippen LogP contribution in [0.2, 0.25) is 0 Å². The van der Waals surface area contributed by atoms with Crippen LogP contribution in [-0.4, -0.2) is 9.13 Å². The molecule has 0 aliphatic carbocycles. The third-order valence-corrected chi connectivity index (χ3v) is 11.8. The molecule has 0 spiro atoms. The summed E-state index contributed by atoms with van der Waals surface area (Å²) in [7, 11) is 0. The van der Waals surface area contributed by atoms with Crippen molar-refractivity contribution in [1.29, 1.82) is 0 Å². The van der Waals surface area contributed by atoms with E-state index in [-0.39, 0.29) is 12.2 Å². The molecule has 3 aromatic heterocycles. The summed E-state index contributed by atoms with van der Waals surface area (Å²) in [5.41, 5.74) is 13.3. The number of furan rings is 1. The van der Waals surface area contributed by atoms with Crippen molar-refractivity contribution in [2.45, 2.75) is 12.2 Å². The molecule has 57 heavy (non-hydrogen) atoms. The van der Waals surface area contributed by atoms with Gasteiger partial charge in [-0.15, -0.1) is 0 Å². The van der Waals surface area contributed by atoms with Gasteiger partial charge in [-0.3, -0.25) is 5.32 Å². The minimum Gasteiger partial charge on any atom is -0.454 e. The maximum Gasteiger partial charge on any atom is 0.160 e. The van der Waals surface area contributed by atoms with Gasteiger partial charge in [0.2, 0.25) is 0 Å². The highest BCUT2D eigenvalue weighted by Crippen LogP contribution is 2.45. The number of hydrogen-bond acceptors (Lipinski definition) is 3. The fraction of sp³-hybridized carbons (Fsp3) is 0.0385. The Kier molecular flexibility index (Phi) is 7.06. The second kappa shape index (κ2) is 12.6. The normalized spacial score (nSPS) is 15.9. The summed E-state index contributed by atoms with van der Waals surface area (Å²) in [5, 5.41) is 14.9. The molecule has 4 heterocycles. The van der Waals surface area contributed by atoms with E-state index in [4.69, 9.17) is 4.42 Å². The summed E-state index contributed by atoms with van der Waals surface area (Å²) < 4.78 is 11.6. The first-order chi connectivity index (χ1) is 28.3. The highest BCUT2D eigenvalue weighted by atomic mass is 16.3. The molecule has 5 heteroatoms. The second-order valence-corrected chi connectivity index (χ2v) is 15.0. The Bertz CT molecular complexity index is 3360. The summed E-state index contributed by atoms with van der Waals surface area (Å²) in [6.07, 6.45) is 2.18. The number of aromatic nitrogens is 2. The zero-order valence-corrected chi connectivity index (χ0v) is 30.9. The van der Waals surface area contributed by atoms with Crippen molar-refractivity contribution in [2.24, 2.45) is 0 Å². The first-order valence-corrected chi connectivity index (χ1v) is 19.6. The number of nitrogens with one attached hydrogen (secondary N) is 2. The summed E-state index contributed by atoms with van der Waals surface area (Å²) in [6, 6.07) is 67.3. The molecule has 2 N–H and O–H groups in total. The lowest BCUT2D eigenvalue weighted by Gasteiger charge is -2.33. The molecule has 0 saturated heterocycles.